The highest BCUT2D eigenvalue weighted by Gasteiger charge is 2.57. The monoisotopic (exact) mass is 499 g/mol. The molecule has 3 heterocycles. The molecular formula is C22H34N3O8P. The molecule has 3 aliphatic rings. The molecule has 2 aliphatic heterocycles. The second kappa shape index (κ2) is 10.1. The van der Waals surface area contributed by atoms with Gasteiger partial charge in [-0.1, -0.05) is 13.3 Å². The van der Waals surface area contributed by atoms with Gasteiger partial charge in [-0.05, 0) is 39.0 Å². The molecule has 0 bridgehead atoms. The van der Waals surface area contributed by atoms with Crippen molar-refractivity contribution in [1.29, 1.82) is 0 Å². The Bertz CT molecular complexity index is 1050. The Labute approximate surface area is 197 Å². The lowest BCUT2D eigenvalue weighted by atomic mass is 9.85. The molecule has 190 valence electrons. The molecule has 4 rings (SSSR count). The fraction of sp³-hybridized carbons (Fsp3) is 0.773. The largest absolute Gasteiger partial charge is 0.462 e. The Kier molecular flexibility index (Phi) is 7.50. The maximum absolute atomic E-state index is 13.3. The van der Waals surface area contributed by atoms with Gasteiger partial charge in [0.2, 0.25) is 0 Å². The van der Waals surface area contributed by atoms with Crippen LogP contribution in [0.1, 0.15) is 58.6 Å². The van der Waals surface area contributed by atoms with E-state index in [0.717, 1.165) is 25.7 Å². The molecule has 1 aromatic rings. The SMILES string of the molecule is CC(CCOP1(=O)C[C@@H]2[C@@H](CO1)O[C@@H](n1ccc(=O)[nH]c1=O)[C@]2(C)N)C(=O)OC1CCCCC1. The zero-order valence-electron chi connectivity index (χ0n) is 19.6. The molecule has 1 aliphatic carbocycles. The molecule has 3 fully saturated rings. The van der Waals surface area contributed by atoms with Gasteiger partial charge in [0, 0.05) is 18.2 Å². The van der Waals surface area contributed by atoms with E-state index >= 15 is 0 Å². The number of hydrogen-bond donors (Lipinski definition) is 2. The van der Waals surface area contributed by atoms with Gasteiger partial charge in [0.15, 0.2) is 6.23 Å². The minimum atomic E-state index is -3.48. The number of rotatable bonds is 7. The van der Waals surface area contributed by atoms with Crippen LogP contribution >= 0.6 is 7.60 Å². The number of aromatic nitrogens is 2. The zero-order chi connectivity index (χ0) is 24.5. The highest BCUT2D eigenvalue weighted by atomic mass is 31.2. The van der Waals surface area contributed by atoms with Crippen molar-refractivity contribution in [3.63, 3.8) is 0 Å². The first kappa shape index (κ1) is 25.3. The number of aromatic amines is 1. The van der Waals surface area contributed by atoms with Crippen LogP contribution in [0, 0.1) is 11.8 Å². The number of fused-ring (bicyclic) bond motifs is 1. The summed E-state index contributed by atoms with van der Waals surface area (Å²) in [6.07, 6.45) is 5.54. The first-order chi connectivity index (χ1) is 16.1. The number of hydrogen-bond acceptors (Lipinski definition) is 9. The van der Waals surface area contributed by atoms with Gasteiger partial charge in [-0.3, -0.25) is 23.7 Å². The Morgan fingerprint density at radius 1 is 1.35 bits per heavy atom. The standard InChI is InChI=1S/C22H34N3O8P/c1-14(19(27)32-15-6-4-3-5-7-15)9-11-30-34(29)13-16-17(12-31-34)33-20(22(16,2)23)25-10-8-18(26)24-21(25)28/h8,10,14-17,20H,3-7,9,11-13,23H2,1-2H3,(H,24,26,28)/t14?,16-,17-,20-,22-,34?/m1/s1. The number of carbonyl (C=O) groups is 1. The lowest BCUT2D eigenvalue weighted by Crippen LogP contribution is -2.52. The Morgan fingerprint density at radius 2 is 2.09 bits per heavy atom. The topological polar surface area (TPSA) is 152 Å². The van der Waals surface area contributed by atoms with Gasteiger partial charge in [0.25, 0.3) is 5.56 Å². The number of esters is 1. The summed E-state index contributed by atoms with van der Waals surface area (Å²) in [6, 6.07) is 1.22. The summed E-state index contributed by atoms with van der Waals surface area (Å²) in [5, 5.41) is 0. The van der Waals surface area contributed by atoms with E-state index in [1.165, 1.54) is 23.3 Å². The van der Waals surface area contributed by atoms with Crippen LogP contribution < -0.4 is 17.0 Å². The molecular weight excluding hydrogens is 465 g/mol. The molecule has 0 amide bonds. The lowest BCUT2D eigenvalue weighted by molar-refractivity contribution is -0.155. The average molecular weight is 500 g/mol. The minimum Gasteiger partial charge on any atom is -0.462 e. The second-order valence-electron chi connectivity index (χ2n) is 9.83. The number of ether oxygens (including phenoxy) is 2. The van der Waals surface area contributed by atoms with Crippen LogP contribution in [-0.2, 0) is 27.9 Å². The van der Waals surface area contributed by atoms with Crippen molar-refractivity contribution in [3.8, 4) is 0 Å². The first-order valence-electron chi connectivity index (χ1n) is 11.9. The Hall–Kier alpha value is -1.78. The van der Waals surface area contributed by atoms with Gasteiger partial charge in [0.05, 0.1) is 36.9 Å². The quantitative estimate of drug-likeness (QED) is 0.423. The van der Waals surface area contributed by atoms with Crippen LogP contribution in [0.3, 0.4) is 0 Å². The third kappa shape index (κ3) is 5.39. The molecule has 11 nitrogen and oxygen atoms in total. The Morgan fingerprint density at radius 3 is 2.79 bits per heavy atom. The fourth-order valence-electron chi connectivity index (χ4n) is 4.96. The number of nitrogens with zero attached hydrogens (tertiary/aromatic N) is 1. The van der Waals surface area contributed by atoms with Crippen molar-refractivity contribution < 1.29 is 27.9 Å². The van der Waals surface area contributed by atoms with Crippen molar-refractivity contribution in [2.24, 2.45) is 17.6 Å². The highest BCUT2D eigenvalue weighted by Crippen LogP contribution is 2.58. The van der Waals surface area contributed by atoms with Gasteiger partial charge >= 0.3 is 19.3 Å². The van der Waals surface area contributed by atoms with Gasteiger partial charge in [-0.15, -0.1) is 0 Å². The van der Waals surface area contributed by atoms with E-state index in [1.54, 1.807) is 13.8 Å². The van der Waals surface area contributed by atoms with Crippen molar-refractivity contribution in [1.82, 2.24) is 9.55 Å². The predicted molar refractivity (Wildman–Crippen MR) is 122 cm³/mol. The van der Waals surface area contributed by atoms with E-state index in [-0.39, 0.29) is 37.4 Å². The highest BCUT2D eigenvalue weighted by molar-refractivity contribution is 7.53. The van der Waals surface area contributed by atoms with Crippen molar-refractivity contribution in [2.75, 3.05) is 19.4 Å². The van der Waals surface area contributed by atoms with Crippen molar-refractivity contribution in [3.05, 3.63) is 33.1 Å². The molecule has 1 saturated carbocycles. The summed E-state index contributed by atoms with van der Waals surface area (Å²) in [5.41, 5.74) is 4.35. The van der Waals surface area contributed by atoms with E-state index in [0.29, 0.717) is 6.42 Å². The van der Waals surface area contributed by atoms with Crippen LogP contribution in [0.2, 0.25) is 0 Å². The van der Waals surface area contributed by atoms with Crippen LogP contribution in [0.5, 0.6) is 0 Å². The van der Waals surface area contributed by atoms with Gasteiger partial charge in [-0.25, -0.2) is 4.79 Å². The molecule has 12 heteroatoms. The molecule has 1 aromatic heterocycles. The van der Waals surface area contributed by atoms with Crippen molar-refractivity contribution >= 4 is 13.6 Å². The predicted octanol–water partition coefficient (Wildman–Crippen LogP) is 1.91. The summed E-state index contributed by atoms with van der Waals surface area (Å²) in [5.74, 6) is -1.03. The maximum Gasteiger partial charge on any atom is 0.331 e. The fourth-order valence-corrected chi connectivity index (χ4v) is 7.11. The number of carbonyl (C=O) groups excluding carboxylic acids is 1. The van der Waals surface area contributed by atoms with Crippen LogP contribution in [-0.4, -0.2) is 52.6 Å². The smallest absolute Gasteiger partial charge is 0.331 e. The van der Waals surface area contributed by atoms with Crippen LogP contribution in [0.25, 0.3) is 0 Å². The molecule has 0 radical (unpaired) electrons. The molecule has 0 aromatic carbocycles. The molecule has 0 spiro atoms. The first-order valence-corrected chi connectivity index (χ1v) is 13.7. The average Bonchev–Trinajstić information content (AvgIpc) is 3.04. The minimum absolute atomic E-state index is 0.00259. The van der Waals surface area contributed by atoms with Crippen LogP contribution in [0.4, 0.5) is 0 Å². The molecule has 34 heavy (non-hydrogen) atoms. The lowest BCUT2D eigenvalue weighted by Gasteiger charge is -2.36. The van der Waals surface area contributed by atoms with Gasteiger partial charge < -0.3 is 24.3 Å². The van der Waals surface area contributed by atoms with E-state index in [2.05, 4.69) is 4.98 Å². The third-order valence-electron chi connectivity index (χ3n) is 7.12. The molecule has 3 N–H and O–H groups in total. The summed E-state index contributed by atoms with van der Waals surface area (Å²) in [7, 11) is -3.48. The number of nitrogens with one attached hydrogen (secondary N) is 1. The summed E-state index contributed by atoms with van der Waals surface area (Å²) in [4.78, 5) is 38.2. The van der Waals surface area contributed by atoms with E-state index in [9.17, 15) is 18.9 Å². The van der Waals surface area contributed by atoms with Gasteiger partial charge in [-0.2, -0.15) is 0 Å². The zero-order valence-corrected chi connectivity index (χ0v) is 20.5. The molecule has 2 unspecified atom stereocenters. The molecule has 6 atom stereocenters. The van der Waals surface area contributed by atoms with E-state index in [4.69, 9.17) is 24.3 Å². The maximum atomic E-state index is 13.3. The third-order valence-corrected chi connectivity index (χ3v) is 9.08. The summed E-state index contributed by atoms with van der Waals surface area (Å²) in [6.45, 7) is 3.58. The number of H-pyrrole nitrogens is 1. The second-order valence-corrected chi connectivity index (χ2v) is 11.9. The van der Waals surface area contributed by atoms with Crippen LogP contribution in [0.15, 0.2) is 21.9 Å². The van der Waals surface area contributed by atoms with E-state index in [1.807, 2.05) is 0 Å². The summed E-state index contributed by atoms with van der Waals surface area (Å²) >= 11 is 0. The van der Waals surface area contributed by atoms with Gasteiger partial charge in [0.1, 0.15) is 6.10 Å². The normalized spacial score (nSPS) is 35.0. The van der Waals surface area contributed by atoms with Crippen molar-refractivity contribution in [2.45, 2.75) is 76.3 Å². The molecule has 2 saturated heterocycles. The Balaban J connectivity index is 1.33. The summed E-state index contributed by atoms with van der Waals surface area (Å²) < 4.78 is 37.3. The van der Waals surface area contributed by atoms with E-state index < -0.39 is 42.6 Å². The number of nitrogens with two attached hydrogens (primary N) is 1.